The summed E-state index contributed by atoms with van der Waals surface area (Å²) in [5.41, 5.74) is 1.55. The Kier molecular flexibility index (Phi) is 6.49. The number of para-hydroxylation sites is 1. The first-order valence-electron chi connectivity index (χ1n) is 9.52. The van der Waals surface area contributed by atoms with Crippen molar-refractivity contribution in [3.05, 3.63) is 54.1 Å². The lowest BCUT2D eigenvalue weighted by atomic mass is 10.2. The smallest absolute Gasteiger partial charge is 0.245 e. The zero-order chi connectivity index (χ0) is 21.9. The molecular weight excluding hydrogens is 426 g/mol. The third kappa shape index (κ3) is 5.00. The summed E-state index contributed by atoms with van der Waals surface area (Å²) in [6, 6.07) is 12.8. The molecule has 1 heterocycles. The number of hydrogen-bond donors (Lipinski definition) is 1. The van der Waals surface area contributed by atoms with Gasteiger partial charge in [0.15, 0.2) is 0 Å². The lowest BCUT2D eigenvalue weighted by Gasteiger charge is -2.23. The van der Waals surface area contributed by atoms with Crippen LogP contribution in [0, 0.1) is 6.92 Å². The van der Waals surface area contributed by atoms with Crippen molar-refractivity contribution in [2.75, 3.05) is 35.5 Å². The molecule has 0 aliphatic carbocycles. The molecule has 8 nitrogen and oxygen atoms in total. The van der Waals surface area contributed by atoms with E-state index in [1.165, 1.54) is 28.6 Å². The van der Waals surface area contributed by atoms with Crippen LogP contribution in [-0.2, 0) is 24.8 Å². The average Bonchev–Trinajstić information content (AvgIpc) is 3.22. The third-order valence-electron chi connectivity index (χ3n) is 4.91. The molecule has 1 amide bonds. The summed E-state index contributed by atoms with van der Waals surface area (Å²) in [6.45, 7) is 2.41. The highest BCUT2D eigenvalue weighted by Crippen LogP contribution is 2.24. The van der Waals surface area contributed by atoms with E-state index >= 15 is 0 Å². The van der Waals surface area contributed by atoms with Crippen LogP contribution in [0.2, 0.25) is 0 Å². The lowest BCUT2D eigenvalue weighted by molar-refractivity contribution is -0.114. The zero-order valence-corrected chi connectivity index (χ0v) is 18.5. The van der Waals surface area contributed by atoms with Gasteiger partial charge in [-0.15, -0.1) is 0 Å². The molecule has 0 unspecified atom stereocenters. The minimum absolute atomic E-state index is 0.167. The Labute approximate surface area is 177 Å². The molecule has 0 aromatic heterocycles. The van der Waals surface area contributed by atoms with Crippen LogP contribution >= 0.6 is 0 Å². The van der Waals surface area contributed by atoms with E-state index in [9.17, 15) is 21.6 Å². The highest BCUT2D eigenvalue weighted by atomic mass is 32.2. The number of hydrogen-bond acceptors (Lipinski definition) is 5. The van der Waals surface area contributed by atoms with Crippen LogP contribution in [0.4, 0.5) is 11.4 Å². The van der Waals surface area contributed by atoms with Crippen LogP contribution in [0.5, 0.6) is 0 Å². The van der Waals surface area contributed by atoms with Gasteiger partial charge in [0.2, 0.25) is 26.0 Å². The fourth-order valence-corrected chi connectivity index (χ4v) is 5.77. The van der Waals surface area contributed by atoms with E-state index in [0.29, 0.717) is 24.5 Å². The number of nitrogens with one attached hydrogen (secondary N) is 1. The monoisotopic (exact) mass is 451 g/mol. The molecule has 0 saturated carbocycles. The number of carbonyl (C=O) groups is 1. The van der Waals surface area contributed by atoms with E-state index in [0.717, 1.165) is 29.0 Å². The molecule has 0 spiro atoms. The molecule has 1 saturated heterocycles. The molecule has 1 aliphatic heterocycles. The van der Waals surface area contributed by atoms with Gasteiger partial charge in [0.05, 0.1) is 16.8 Å². The minimum Gasteiger partial charge on any atom is -0.325 e. The number of carbonyl (C=O) groups excluding carboxylic acids is 1. The second kappa shape index (κ2) is 8.75. The van der Waals surface area contributed by atoms with Crippen LogP contribution in [0.1, 0.15) is 18.4 Å². The van der Waals surface area contributed by atoms with Gasteiger partial charge in [-0.2, -0.15) is 4.31 Å². The lowest BCUT2D eigenvalue weighted by Crippen LogP contribution is -2.37. The predicted octanol–water partition coefficient (Wildman–Crippen LogP) is 2.18. The maximum atomic E-state index is 12.6. The molecule has 30 heavy (non-hydrogen) atoms. The Morgan fingerprint density at radius 2 is 1.60 bits per heavy atom. The molecule has 3 rings (SSSR count). The van der Waals surface area contributed by atoms with Gasteiger partial charge in [-0.25, -0.2) is 16.8 Å². The number of benzene rings is 2. The van der Waals surface area contributed by atoms with E-state index in [1.807, 2.05) is 0 Å². The summed E-state index contributed by atoms with van der Waals surface area (Å²) < 4.78 is 52.1. The van der Waals surface area contributed by atoms with Gasteiger partial charge in [0, 0.05) is 18.8 Å². The Morgan fingerprint density at radius 1 is 1.00 bits per heavy atom. The first kappa shape index (κ1) is 22.3. The molecule has 1 fully saturated rings. The van der Waals surface area contributed by atoms with Crippen molar-refractivity contribution < 1.29 is 21.6 Å². The van der Waals surface area contributed by atoms with Gasteiger partial charge in [-0.3, -0.25) is 9.10 Å². The topological polar surface area (TPSA) is 104 Å². The van der Waals surface area contributed by atoms with Gasteiger partial charge in [0.1, 0.15) is 6.54 Å². The molecular formula is C20H25N3O5S2. The van der Waals surface area contributed by atoms with Crippen molar-refractivity contribution in [1.82, 2.24) is 4.31 Å². The van der Waals surface area contributed by atoms with Crippen molar-refractivity contribution in [1.29, 1.82) is 0 Å². The van der Waals surface area contributed by atoms with Crippen molar-refractivity contribution >= 4 is 37.3 Å². The first-order chi connectivity index (χ1) is 14.1. The van der Waals surface area contributed by atoms with Gasteiger partial charge in [-0.05, 0) is 55.7 Å². The normalized spacial score (nSPS) is 15.1. The maximum absolute atomic E-state index is 12.6. The molecule has 0 radical (unpaired) electrons. The van der Waals surface area contributed by atoms with Crippen molar-refractivity contribution in [3.8, 4) is 0 Å². The van der Waals surface area contributed by atoms with Crippen LogP contribution in [0.25, 0.3) is 0 Å². The number of aryl methyl sites for hydroxylation is 1. The highest BCUT2D eigenvalue weighted by molar-refractivity contribution is 7.92. The quantitative estimate of drug-likeness (QED) is 0.695. The number of anilines is 2. The van der Waals surface area contributed by atoms with Gasteiger partial charge < -0.3 is 5.32 Å². The first-order valence-corrected chi connectivity index (χ1v) is 12.8. The molecule has 10 heteroatoms. The summed E-state index contributed by atoms with van der Waals surface area (Å²) in [5.74, 6) is -0.529. The van der Waals surface area contributed by atoms with E-state index in [2.05, 4.69) is 5.32 Å². The summed E-state index contributed by atoms with van der Waals surface area (Å²) in [4.78, 5) is 12.7. The summed E-state index contributed by atoms with van der Waals surface area (Å²) in [7, 11) is -7.21. The van der Waals surface area contributed by atoms with E-state index < -0.39 is 32.5 Å². The second-order valence-electron chi connectivity index (χ2n) is 7.24. The van der Waals surface area contributed by atoms with Crippen LogP contribution in [0.3, 0.4) is 0 Å². The number of sulfonamides is 2. The molecule has 162 valence electrons. The van der Waals surface area contributed by atoms with Crippen LogP contribution < -0.4 is 9.62 Å². The average molecular weight is 452 g/mol. The molecule has 0 atom stereocenters. The van der Waals surface area contributed by atoms with Crippen molar-refractivity contribution in [2.45, 2.75) is 24.7 Å². The van der Waals surface area contributed by atoms with Gasteiger partial charge >= 0.3 is 0 Å². The van der Waals surface area contributed by atoms with E-state index in [4.69, 9.17) is 0 Å². The standard InChI is InChI=1S/C20H25N3O5S2/c1-16-7-3-4-8-19(16)23(29(2,25)26)15-20(24)21-17-9-11-18(12-10-17)30(27,28)22-13-5-6-14-22/h3-4,7-12H,5-6,13-15H2,1-2H3,(H,21,24). The molecule has 2 aromatic rings. The summed E-state index contributed by atoms with van der Waals surface area (Å²) in [6.07, 6.45) is 2.75. The second-order valence-corrected chi connectivity index (χ2v) is 11.1. The SMILES string of the molecule is Cc1ccccc1N(CC(=O)Nc1ccc(S(=O)(=O)N2CCCC2)cc1)S(C)(=O)=O. The largest absolute Gasteiger partial charge is 0.325 e. The van der Waals surface area contributed by atoms with Crippen LogP contribution in [-0.4, -0.2) is 52.9 Å². The van der Waals surface area contributed by atoms with Gasteiger partial charge in [0.25, 0.3) is 0 Å². The Balaban J connectivity index is 1.73. The van der Waals surface area contributed by atoms with Crippen molar-refractivity contribution in [2.24, 2.45) is 0 Å². The maximum Gasteiger partial charge on any atom is 0.245 e. The number of amides is 1. The molecule has 1 aliphatic rings. The predicted molar refractivity (Wildman–Crippen MR) is 116 cm³/mol. The Hall–Kier alpha value is -2.43. The van der Waals surface area contributed by atoms with Crippen molar-refractivity contribution in [3.63, 3.8) is 0 Å². The highest BCUT2D eigenvalue weighted by Gasteiger charge is 2.27. The Bertz CT molecular complexity index is 1120. The Morgan fingerprint density at radius 3 is 2.17 bits per heavy atom. The number of nitrogens with zero attached hydrogens (tertiary/aromatic N) is 2. The summed E-state index contributed by atoms with van der Waals surface area (Å²) in [5, 5.41) is 2.63. The zero-order valence-electron chi connectivity index (χ0n) is 16.9. The molecule has 1 N–H and O–H groups in total. The van der Waals surface area contributed by atoms with Crippen LogP contribution in [0.15, 0.2) is 53.4 Å². The molecule has 2 aromatic carbocycles. The third-order valence-corrected chi connectivity index (χ3v) is 7.95. The van der Waals surface area contributed by atoms with Gasteiger partial charge in [-0.1, -0.05) is 18.2 Å². The fraction of sp³-hybridized carbons (Fsp3) is 0.350. The number of rotatable bonds is 7. The minimum atomic E-state index is -3.68. The molecule has 0 bridgehead atoms. The van der Waals surface area contributed by atoms with E-state index in [1.54, 1.807) is 31.2 Å². The van der Waals surface area contributed by atoms with E-state index in [-0.39, 0.29) is 4.90 Å². The summed E-state index contributed by atoms with van der Waals surface area (Å²) >= 11 is 0. The fourth-order valence-electron chi connectivity index (χ4n) is 3.34.